The van der Waals surface area contributed by atoms with E-state index in [-0.39, 0.29) is 0 Å². The molecule has 0 bridgehead atoms. The normalized spacial score (nSPS) is 9.50. The van der Waals surface area contributed by atoms with Gasteiger partial charge in [0, 0.05) is 19.4 Å². The minimum Gasteiger partial charge on any atom is -0.421 e. The molecule has 0 spiro atoms. The number of rotatable bonds is 5. The van der Waals surface area contributed by atoms with Crippen molar-refractivity contribution in [2.24, 2.45) is 4.99 Å². The molecule has 0 aromatic rings. The Hall–Kier alpha value is -0.153. The highest BCUT2D eigenvalue weighted by Crippen LogP contribution is 1.89. The van der Waals surface area contributed by atoms with Crippen LogP contribution in [0.15, 0.2) is 4.99 Å². The van der Waals surface area contributed by atoms with Gasteiger partial charge in [0.05, 0.1) is 0 Å². The Kier molecular flexibility index (Phi) is 6.85. The first-order valence-electron chi connectivity index (χ1n) is 3.51. The summed E-state index contributed by atoms with van der Waals surface area (Å²) in [6.07, 6.45) is 1.15. The second kappa shape index (κ2) is 6.96. The fraction of sp³-hybridized carbons (Fsp3) is 0.857. The Morgan fingerprint density at radius 1 is 1.50 bits per heavy atom. The average molecular weight is 157 g/mol. The Balaban J connectivity index is 2.98. The summed E-state index contributed by atoms with van der Waals surface area (Å²) in [4.78, 5) is 4.26. The first-order chi connectivity index (χ1) is 4.77. The predicted molar refractivity (Wildman–Crippen MR) is 45.8 cm³/mol. The van der Waals surface area contributed by atoms with Crippen molar-refractivity contribution in [1.29, 1.82) is 0 Å². The summed E-state index contributed by atoms with van der Waals surface area (Å²) in [5, 5.41) is 0. The minimum absolute atomic E-state index is 0.649. The van der Waals surface area contributed by atoms with E-state index < -0.39 is 0 Å². The highest BCUT2D eigenvalue weighted by molar-refractivity contribution is 6.26. The molecule has 2 radical (unpaired) electrons. The standard InChI is InChI=1S/C7H15NOSi/c1-7(2)8-5-4-6-10-9-3/h4-6H2,1-3H3. The van der Waals surface area contributed by atoms with Gasteiger partial charge in [-0.25, -0.2) is 0 Å². The lowest BCUT2D eigenvalue weighted by Gasteiger charge is -1.94. The SMILES string of the molecule is CO[Si]CCCN=C(C)C. The van der Waals surface area contributed by atoms with Crippen molar-refractivity contribution in [3.63, 3.8) is 0 Å². The summed E-state index contributed by atoms with van der Waals surface area (Å²) in [5.41, 5.74) is 1.17. The molecule has 2 nitrogen and oxygen atoms in total. The van der Waals surface area contributed by atoms with Crippen LogP contribution in [0.1, 0.15) is 20.3 Å². The van der Waals surface area contributed by atoms with Crippen molar-refractivity contribution >= 4 is 15.5 Å². The molecular formula is C7H15NOSi. The van der Waals surface area contributed by atoms with Gasteiger partial charge >= 0.3 is 0 Å². The van der Waals surface area contributed by atoms with E-state index in [1.807, 2.05) is 13.8 Å². The molecule has 58 valence electrons. The Bertz CT molecular complexity index is 99.8. The monoisotopic (exact) mass is 157 g/mol. The number of hydrogen-bond acceptors (Lipinski definition) is 2. The Morgan fingerprint density at radius 3 is 2.70 bits per heavy atom. The van der Waals surface area contributed by atoms with Crippen LogP contribution < -0.4 is 0 Å². The number of aliphatic imine (C=N–C) groups is 1. The average Bonchev–Trinajstić information content (AvgIpc) is 1.87. The van der Waals surface area contributed by atoms with E-state index in [0.29, 0.717) is 9.76 Å². The van der Waals surface area contributed by atoms with Crippen LogP contribution in [0, 0.1) is 0 Å². The van der Waals surface area contributed by atoms with Gasteiger partial charge < -0.3 is 4.43 Å². The third-order valence-electron chi connectivity index (χ3n) is 1.01. The van der Waals surface area contributed by atoms with Crippen molar-refractivity contribution < 1.29 is 4.43 Å². The smallest absolute Gasteiger partial charge is 0.229 e. The molecule has 0 fully saturated rings. The molecule has 10 heavy (non-hydrogen) atoms. The molecule has 0 unspecified atom stereocenters. The van der Waals surface area contributed by atoms with Crippen LogP contribution in [-0.4, -0.2) is 29.1 Å². The zero-order valence-electron chi connectivity index (χ0n) is 6.98. The second-order valence-electron chi connectivity index (χ2n) is 2.28. The molecule has 0 atom stereocenters. The van der Waals surface area contributed by atoms with Gasteiger partial charge in [0.15, 0.2) is 0 Å². The molecule has 0 aliphatic heterocycles. The van der Waals surface area contributed by atoms with E-state index >= 15 is 0 Å². The van der Waals surface area contributed by atoms with Crippen LogP contribution in [0.5, 0.6) is 0 Å². The Labute approximate surface area is 65.6 Å². The van der Waals surface area contributed by atoms with Crippen LogP contribution in [-0.2, 0) is 4.43 Å². The van der Waals surface area contributed by atoms with Crippen LogP contribution >= 0.6 is 0 Å². The Morgan fingerprint density at radius 2 is 2.20 bits per heavy atom. The van der Waals surface area contributed by atoms with Gasteiger partial charge in [-0.1, -0.05) is 0 Å². The van der Waals surface area contributed by atoms with Crippen molar-refractivity contribution in [2.75, 3.05) is 13.7 Å². The van der Waals surface area contributed by atoms with Gasteiger partial charge in [-0.05, 0) is 26.3 Å². The van der Waals surface area contributed by atoms with Crippen LogP contribution in [0.3, 0.4) is 0 Å². The third-order valence-corrected chi connectivity index (χ3v) is 1.86. The van der Waals surface area contributed by atoms with Crippen LogP contribution in [0.2, 0.25) is 6.04 Å². The van der Waals surface area contributed by atoms with Gasteiger partial charge in [-0.2, -0.15) is 0 Å². The molecule has 0 aliphatic carbocycles. The van der Waals surface area contributed by atoms with Gasteiger partial charge in [-0.3, -0.25) is 4.99 Å². The van der Waals surface area contributed by atoms with E-state index in [9.17, 15) is 0 Å². The minimum atomic E-state index is 0.649. The maximum atomic E-state index is 4.93. The quantitative estimate of drug-likeness (QED) is 0.337. The summed E-state index contributed by atoms with van der Waals surface area (Å²) in [6.45, 7) is 5.01. The summed E-state index contributed by atoms with van der Waals surface area (Å²) < 4.78 is 4.93. The van der Waals surface area contributed by atoms with E-state index in [1.165, 1.54) is 5.71 Å². The fourth-order valence-electron chi connectivity index (χ4n) is 0.556. The summed E-state index contributed by atoms with van der Waals surface area (Å²) in [5.74, 6) is 0. The summed E-state index contributed by atoms with van der Waals surface area (Å²) in [6, 6.07) is 1.15. The van der Waals surface area contributed by atoms with Gasteiger partial charge in [0.25, 0.3) is 0 Å². The highest BCUT2D eigenvalue weighted by Gasteiger charge is 1.87. The summed E-state index contributed by atoms with van der Waals surface area (Å²) in [7, 11) is 2.39. The first kappa shape index (κ1) is 9.85. The maximum Gasteiger partial charge on any atom is 0.229 e. The fourth-order valence-corrected chi connectivity index (χ4v) is 1.06. The van der Waals surface area contributed by atoms with Gasteiger partial charge in [0.2, 0.25) is 9.76 Å². The molecule has 0 saturated carbocycles. The molecule has 3 heteroatoms. The lowest BCUT2D eigenvalue weighted by atomic mass is 10.4. The van der Waals surface area contributed by atoms with Gasteiger partial charge in [0.1, 0.15) is 0 Å². The summed E-state index contributed by atoms with van der Waals surface area (Å²) >= 11 is 0. The molecule has 0 aliphatic rings. The molecular weight excluding hydrogens is 142 g/mol. The van der Waals surface area contributed by atoms with Crippen molar-refractivity contribution in [1.82, 2.24) is 0 Å². The molecule has 0 rings (SSSR count). The predicted octanol–water partition coefficient (Wildman–Crippen LogP) is 1.54. The lowest BCUT2D eigenvalue weighted by molar-refractivity contribution is 0.440. The van der Waals surface area contributed by atoms with Crippen LogP contribution in [0.4, 0.5) is 0 Å². The second-order valence-corrected chi connectivity index (χ2v) is 3.48. The molecule has 0 saturated heterocycles. The lowest BCUT2D eigenvalue weighted by Crippen LogP contribution is -1.94. The third kappa shape index (κ3) is 7.85. The van der Waals surface area contributed by atoms with Crippen molar-refractivity contribution in [2.45, 2.75) is 26.3 Å². The van der Waals surface area contributed by atoms with Crippen LogP contribution in [0.25, 0.3) is 0 Å². The number of hydrogen-bond donors (Lipinski definition) is 0. The topological polar surface area (TPSA) is 21.6 Å². The molecule has 0 aromatic carbocycles. The molecule has 0 aromatic heterocycles. The zero-order chi connectivity index (χ0) is 7.82. The highest BCUT2D eigenvalue weighted by atomic mass is 28.2. The van der Waals surface area contributed by atoms with E-state index in [4.69, 9.17) is 4.43 Å². The van der Waals surface area contributed by atoms with Crippen molar-refractivity contribution in [3.05, 3.63) is 0 Å². The molecule has 0 amide bonds. The van der Waals surface area contributed by atoms with E-state index in [2.05, 4.69) is 4.99 Å². The van der Waals surface area contributed by atoms with Gasteiger partial charge in [-0.15, -0.1) is 0 Å². The van der Waals surface area contributed by atoms with E-state index in [1.54, 1.807) is 7.11 Å². The van der Waals surface area contributed by atoms with E-state index in [0.717, 1.165) is 19.0 Å². The number of nitrogens with zero attached hydrogens (tertiary/aromatic N) is 1. The molecule has 0 heterocycles. The largest absolute Gasteiger partial charge is 0.421 e. The molecule has 0 N–H and O–H groups in total. The maximum absolute atomic E-state index is 4.93. The zero-order valence-corrected chi connectivity index (χ0v) is 7.98. The van der Waals surface area contributed by atoms with Crippen molar-refractivity contribution in [3.8, 4) is 0 Å². The first-order valence-corrected chi connectivity index (χ1v) is 4.62.